The second kappa shape index (κ2) is 6.98. The van der Waals surface area contributed by atoms with E-state index in [1.54, 1.807) is 0 Å². The molecule has 0 fully saturated rings. The van der Waals surface area contributed by atoms with E-state index in [1.807, 2.05) is 20.8 Å². The van der Waals surface area contributed by atoms with Crippen LogP contribution in [-0.4, -0.2) is 34.1 Å². The zero-order valence-corrected chi connectivity index (χ0v) is 11.8. The van der Waals surface area contributed by atoms with Crippen molar-refractivity contribution in [2.75, 3.05) is 23.7 Å². The van der Waals surface area contributed by atoms with Crippen LogP contribution in [0.5, 0.6) is 6.01 Å². The van der Waals surface area contributed by atoms with Crippen LogP contribution in [0.4, 0.5) is 11.9 Å². The summed E-state index contributed by atoms with van der Waals surface area (Å²) in [6.45, 7) is 11.7. The summed E-state index contributed by atoms with van der Waals surface area (Å²) < 4.78 is 5.51. The van der Waals surface area contributed by atoms with Gasteiger partial charge in [0, 0.05) is 13.1 Å². The fraction of sp³-hybridized carbons (Fsp3) is 0.750. The molecule has 0 saturated carbocycles. The molecule has 0 bridgehead atoms. The fourth-order valence-corrected chi connectivity index (χ4v) is 1.23. The van der Waals surface area contributed by atoms with Gasteiger partial charge in [-0.05, 0) is 26.7 Å². The van der Waals surface area contributed by atoms with Crippen LogP contribution < -0.4 is 15.4 Å². The molecule has 0 saturated heterocycles. The minimum absolute atomic E-state index is 0.0415. The van der Waals surface area contributed by atoms with Gasteiger partial charge in [0.25, 0.3) is 0 Å². The molecule has 6 heteroatoms. The molecular formula is C12H23N5O. The van der Waals surface area contributed by atoms with E-state index in [-0.39, 0.29) is 6.10 Å². The van der Waals surface area contributed by atoms with Crippen LogP contribution in [0, 0.1) is 5.92 Å². The molecule has 102 valence electrons. The molecule has 0 aliphatic heterocycles. The molecule has 0 aliphatic carbocycles. The van der Waals surface area contributed by atoms with Crippen LogP contribution in [0.1, 0.15) is 34.6 Å². The highest BCUT2D eigenvalue weighted by molar-refractivity contribution is 5.35. The molecule has 0 amide bonds. The maximum atomic E-state index is 5.51. The summed E-state index contributed by atoms with van der Waals surface area (Å²) in [5, 5.41) is 6.24. The van der Waals surface area contributed by atoms with Gasteiger partial charge in [0.05, 0.1) is 6.10 Å². The Kier molecular flexibility index (Phi) is 5.61. The lowest BCUT2D eigenvalue weighted by atomic mass is 10.2. The summed E-state index contributed by atoms with van der Waals surface area (Å²) in [6.07, 6.45) is 0.0415. The molecule has 1 rings (SSSR count). The summed E-state index contributed by atoms with van der Waals surface area (Å²) in [6, 6.07) is 0.349. The normalized spacial score (nSPS) is 10.8. The molecular weight excluding hydrogens is 230 g/mol. The standard InChI is InChI=1S/C12H23N5O/c1-6-13-10-15-11(14-7-8(2)3)17-12(16-10)18-9(4)5/h8-9H,6-7H2,1-5H3,(H2,13,14,15,16,17). The number of rotatable bonds is 7. The van der Waals surface area contributed by atoms with Gasteiger partial charge in [0.2, 0.25) is 11.9 Å². The first-order valence-electron chi connectivity index (χ1n) is 6.41. The van der Waals surface area contributed by atoms with Gasteiger partial charge >= 0.3 is 6.01 Å². The van der Waals surface area contributed by atoms with E-state index >= 15 is 0 Å². The number of nitrogens with one attached hydrogen (secondary N) is 2. The van der Waals surface area contributed by atoms with E-state index in [4.69, 9.17) is 4.74 Å². The number of anilines is 2. The predicted octanol–water partition coefficient (Wildman–Crippen LogP) is 2.16. The lowest BCUT2D eigenvalue weighted by molar-refractivity contribution is 0.222. The third-order valence-electron chi connectivity index (χ3n) is 1.96. The van der Waals surface area contributed by atoms with Crippen LogP contribution >= 0.6 is 0 Å². The first-order valence-corrected chi connectivity index (χ1v) is 6.41. The molecule has 1 aromatic rings. The van der Waals surface area contributed by atoms with Crippen LogP contribution in [0.15, 0.2) is 0 Å². The van der Waals surface area contributed by atoms with Crippen molar-refractivity contribution in [2.45, 2.75) is 40.7 Å². The van der Waals surface area contributed by atoms with E-state index in [0.717, 1.165) is 13.1 Å². The maximum absolute atomic E-state index is 5.51. The van der Waals surface area contributed by atoms with Crippen molar-refractivity contribution in [3.05, 3.63) is 0 Å². The van der Waals surface area contributed by atoms with Crippen LogP contribution in [-0.2, 0) is 0 Å². The molecule has 1 aromatic heterocycles. The summed E-state index contributed by atoms with van der Waals surface area (Å²) in [7, 11) is 0. The van der Waals surface area contributed by atoms with Gasteiger partial charge in [-0.15, -0.1) is 0 Å². The van der Waals surface area contributed by atoms with Gasteiger partial charge in [0.1, 0.15) is 0 Å². The van der Waals surface area contributed by atoms with Crippen molar-refractivity contribution in [3.8, 4) is 6.01 Å². The predicted molar refractivity (Wildman–Crippen MR) is 73.1 cm³/mol. The zero-order chi connectivity index (χ0) is 13.5. The largest absolute Gasteiger partial charge is 0.461 e. The average Bonchev–Trinajstić information content (AvgIpc) is 2.25. The fourth-order valence-electron chi connectivity index (χ4n) is 1.23. The Morgan fingerprint density at radius 1 is 1.00 bits per heavy atom. The highest BCUT2D eigenvalue weighted by atomic mass is 16.5. The molecule has 0 aliphatic rings. The smallest absolute Gasteiger partial charge is 0.323 e. The highest BCUT2D eigenvalue weighted by Crippen LogP contribution is 2.12. The van der Waals surface area contributed by atoms with E-state index in [2.05, 4.69) is 39.4 Å². The number of hydrogen-bond acceptors (Lipinski definition) is 6. The molecule has 2 N–H and O–H groups in total. The molecule has 1 heterocycles. The van der Waals surface area contributed by atoms with Crippen molar-refractivity contribution in [3.63, 3.8) is 0 Å². The van der Waals surface area contributed by atoms with Crippen molar-refractivity contribution >= 4 is 11.9 Å². The van der Waals surface area contributed by atoms with Gasteiger partial charge in [-0.3, -0.25) is 0 Å². The van der Waals surface area contributed by atoms with E-state index in [0.29, 0.717) is 23.8 Å². The molecule has 18 heavy (non-hydrogen) atoms. The van der Waals surface area contributed by atoms with Gasteiger partial charge in [-0.25, -0.2) is 0 Å². The Morgan fingerprint density at radius 3 is 2.11 bits per heavy atom. The highest BCUT2D eigenvalue weighted by Gasteiger charge is 2.08. The Bertz CT molecular complexity index is 367. The van der Waals surface area contributed by atoms with E-state index in [9.17, 15) is 0 Å². The molecule has 6 nitrogen and oxygen atoms in total. The van der Waals surface area contributed by atoms with Gasteiger partial charge in [0.15, 0.2) is 0 Å². The minimum Gasteiger partial charge on any atom is -0.461 e. The van der Waals surface area contributed by atoms with Crippen LogP contribution in [0.25, 0.3) is 0 Å². The van der Waals surface area contributed by atoms with Crippen molar-refractivity contribution in [1.29, 1.82) is 0 Å². The third-order valence-corrected chi connectivity index (χ3v) is 1.96. The maximum Gasteiger partial charge on any atom is 0.323 e. The van der Waals surface area contributed by atoms with E-state index in [1.165, 1.54) is 0 Å². The molecule has 0 aromatic carbocycles. The molecule has 0 spiro atoms. The van der Waals surface area contributed by atoms with Crippen molar-refractivity contribution in [1.82, 2.24) is 15.0 Å². The topological polar surface area (TPSA) is 72.0 Å². The Balaban J connectivity index is 2.83. The Hall–Kier alpha value is -1.59. The quantitative estimate of drug-likeness (QED) is 0.776. The van der Waals surface area contributed by atoms with Gasteiger partial charge in [-0.2, -0.15) is 15.0 Å². The summed E-state index contributed by atoms with van der Waals surface area (Å²) in [5.41, 5.74) is 0. The zero-order valence-electron chi connectivity index (χ0n) is 11.8. The third kappa shape index (κ3) is 5.16. The monoisotopic (exact) mass is 253 g/mol. The first kappa shape index (κ1) is 14.5. The lowest BCUT2D eigenvalue weighted by Gasteiger charge is -2.12. The lowest BCUT2D eigenvalue weighted by Crippen LogP contribution is -2.15. The number of nitrogens with zero attached hydrogens (tertiary/aromatic N) is 3. The van der Waals surface area contributed by atoms with Crippen LogP contribution in [0.2, 0.25) is 0 Å². The average molecular weight is 253 g/mol. The van der Waals surface area contributed by atoms with Crippen LogP contribution in [0.3, 0.4) is 0 Å². The second-order valence-corrected chi connectivity index (χ2v) is 4.74. The number of hydrogen-bond donors (Lipinski definition) is 2. The van der Waals surface area contributed by atoms with Gasteiger partial charge in [-0.1, -0.05) is 13.8 Å². The van der Waals surface area contributed by atoms with Crippen molar-refractivity contribution in [2.24, 2.45) is 5.92 Å². The number of aromatic nitrogens is 3. The molecule has 0 atom stereocenters. The summed E-state index contributed by atoms with van der Waals surface area (Å²) in [4.78, 5) is 12.7. The first-order chi connectivity index (χ1) is 8.51. The Labute approximate surface area is 109 Å². The van der Waals surface area contributed by atoms with Crippen molar-refractivity contribution < 1.29 is 4.74 Å². The second-order valence-electron chi connectivity index (χ2n) is 4.74. The van der Waals surface area contributed by atoms with Gasteiger partial charge < -0.3 is 15.4 Å². The Morgan fingerprint density at radius 2 is 1.61 bits per heavy atom. The van der Waals surface area contributed by atoms with E-state index < -0.39 is 0 Å². The minimum atomic E-state index is 0.0415. The number of ether oxygens (including phenoxy) is 1. The summed E-state index contributed by atoms with van der Waals surface area (Å²) in [5.74, 6) is 1.61. The molecule has 0 radical (unpaired) electrons. The SMILES string of the molecule is CCNc1nc(NCC(C)C)nc(OC(C)C)n1. The molecule has 0 unspecified atom stereocenters. The summed E-state index contributed by atoms with van der Waals surface area (Å²) >= 11 is 0.